The number of aromatic nitrogens is 2. The van der Waals surface area contributed by atoms with E-state index in [2.05, 4.69) is 56.7 Å². The van der Waals surface area contributed by atoms with E-state index in [1.165, 1.54) is 22.3 Å². The van der Waals surface area contributed by atoms with Crippen LogP contribution in [0.15, 0.2) is 18.5 Å². The second kappa shape index (κ2) is 4.82. The molecule has 0 radical (unpaired) electrons. The standard InChI is InChI=1S/C16H23N3/c1-10-6-12(16(3,4)5)7-11(2)14(10)15-13(8-17)18-9-19-15/h6-7,9H,8,17H2,1-5H3,(H,18,19). The summed E-state index contributed by atoms with van der Waals surface area (Å²) in [6, 6.07) is 4.52. The van der Waals surface area contributed by atoms with E-state index in [0.29, 0.717) is 6.54 Å². The predicted molar refractivity (Wildman–Crippen MR) is 80.1 cm³/mol. The number of nitrogens with one attached hydrogen (secondary N) is 1. The molecular weight excluding hydrogens is 234 g/mol. The number of imidazole rings is 1. The van der Waals surface area contributed by atoms with E-state index in [1.54, 1.807) is 6.33 Å². The first kappa shape index (κ1) is 13.8. The quantitative estimate of drug-likeness (QED) is 0.865. The summed E-state index contributed by atoms with van der Waals surface area (Å²) in [5, 5.41) is 0. The van der Waals surface area contributed by atoms with Crippen molar-refractivity contribution in [2.45, 2.75) is 46.6 Å². The minimum Gasteiger partial charge on any atom is -0.347 e. The number of benzene rings is 1. The molecule has 0 fully saturated rings. The van der Waals surface area contributed by atoms with Gasteiger partial charge in [0, 0.05) is 12.1 Å². The molecule has 0 amide bonds. The first-order valence-corrected chi connectivity index (χ1v) is 6.69. The van der Waals surface area contributed by atoms with Gasteiger partial charge in [0.1, 0.15) is 0 Å². The monoisotopic (exact) mass is 257 g/mol. The Morgan fingerprint density at radius 3 is 2.21 bits per heavy atom. The molecule has 1 aromatic heterocycles. The molecule has 102 valence electrons. The summed E-state index contributed by atoms with van der Waals surface area (Å²) >= 11 is 0. The van der Waals surface area contributed by atoms with Crippen molar-refractivity contribution < 1.29 is 0 Å². The van der Waals surface area contributed by atoms with Crippen LogP contribution < -0.4 is 5.73 Å². The van der Waals surface area contributed by atoms with Gasteiger partial charge in [-0.05, 0) is 36.0 Å². The van der Waals surface area contributed by atoms with Crippen molar-refractivity contribution in [3.8, 4) is 11.3 Å². The molecule has 1 heterocycles. The minimum absolute atomic E-state index is 0.163. The van der Waals surface area contributed by atoms with Gasteiger partial charge in [-0.3, -0.25) is 0 Å². The number of nitrogens with zero attached hydrogens (tertiary/aromatic N) is 1. The van der Waals surface area contributed by atoms with E-state index >= 15 is 0 Å². The lowest BCUT2D eigenvalue weighted by Gasteiger charge is -2.22. The highest BCUT2D eigenvalue weighted by molar-refractivity contribution is 5.70. The molecule has 1 aromatic carbocycles. The largest absolute Gasteiger partial charge is 0.347 e. The van der Waals surface area contributed by atoms with Gasteiger partial charge in [0.15, 0.2) is 0 Å². The molecule has 2 aromatic rings. The van der Waals surface area contributed by atoms with Crippen molar-refractivity contribution >= 4 is 0 Å². The number of hydrogen-bond donors (Lipinski definition) is 2. The van der Waals surface area contributed by atoms with Crippen LogP contribution in [0.1, 0.15) is 43.2 Å². The summed E-state index contributed by atoms with van der Waals surface area (Å²) in [5.74, 6) is 0. The maximum absolute atomic E-state index is 5.76. The fraction of sp³-hybridized carbons (Fsp3) is 0.438. The van der Waals surface area contributed by atoms with Crippen LogP contribution in [0.4, 0.5) is 0 Å². The minimum atomic E-state index is 0.163. The highest BCUT2D eigenvalue weighted by atomic mass is 14.9. The zero-order valence-corrected chi connectivity index (χ0v) is 12.5. The Kier molecular flexibility index (Phi) is 3.50. The number of aromatic amines is 1. The molecule has 0 aliphatic heterocycles. The summed E-state index contributed by atoms with van der Waals surface area (Å²) < 4.78 is 0. The van der Waals surface area contributed by atoms with Crippen molar-refractivity contribution in [3.63, 3.8) is 0 Å². The van der Waals surface area contributed by atoms with Gasteiger partial charge in [-0.1, -0.05) is 32.9 Å². The third kappa shape index (κ3) is 2.56. The van der Waals surface area contributed by atoms with Gasteiger partial charge >= 0.3 is 0 Å². The van der Waals surface area contributed by atoms with Crippen LogP contribution in [0.3, 0.4) is 0 Å². The molecule has 0 bridgehead atoms. The molecule has 0 aliphatic carbocycles. The zero-order valence-electron chi connectivity index (χ0n) is 12.5. The lowest BCUT2D eigenvalue weighted by molar-refractivity contribution is 0.589. The van der Waals surface area contributed by atoms with Gasteiger partial charge in [0.05, 0.1) is 17.7 Å². The molecule has 0 aliphatic rings. The third-order valence-electron chi connectivity index (χ3n) is 3.56. The lowest BCUT2D eigenvalue weighted by Crippen LogP contribution is -2.12. The SMILES string of the molecule is Cc1cc(C(C)(C)C)cc(C)c1-c1nc[nH]c1CN. The molecule has 0 spiro atoms. The lowest BCUT2D eigenvalue weighted by atomic mass is 9.83. The first-order valence-electron chi connectivity index (χ1n) is 6.69. The number of rotatable bonds is 2. The van der Waals surface area contributed by atoms with E-state index < -0.39 is 0 Å². The summed E-state index contributed by atoms with van der Waals surface area (Å²) in [5.41, 5.74) is 13.0. The topological polar surface area (TPSA) is 54.7 Å². The number of aryl methyl sites for hydroxylation is 2. The number of hydrogen-bond acceptors (Lipinski definition) is 2. The fourth-order valence-corrected chi connectivity index (χ4v) is 2.46. The van der Waals surface area contributed by atoms with Crippen LogP contribution in [-0.2, 0) is 12.0 Å². The van der Waals surface area contributed by atoms with Gasteiger partial charge < -0.3 is 10.7 Å². The van der Waals surface area contributed by atoms with Gasteiger partial charge in [0.25, 0.3) is 0 Å². The van der Waals surface area contributed by atoms with Crippen LogP contribution >= 0.6 is 0 Å². The predicted octanol–water partition coefficient (Wildman–Crippen LogP) is 3.45. The molecule has 0 saturated heterocycles. The van der Waals surface area contributed by atoms with E-state index in [-0.39, 0.29) is 5.41 Å². The normalized spacial score (nSPS) is 11.9. The highest BCUT2D eigenvalue weighted by Gasteiger charge is 2.18. The molecular formula is C16H23N3. The number of H-pyrrole nitrogens is 1. The Balaban J connectivity index is 2.61. The maximum Gasteiger partial charge on any atom is 0.0931 e. The smallest absolute Gasteiger partial charge is 0.0931 e. The molecule has 0 atom stereocenters. The van der Waals surface area contributed by atoms with E-state index in [1.807, 2.05) is 0 Å². The molecule has 3 N–H and O–H groups in total. The van der Waals surface area contributed by atoms with Crippen molar-refractivity contribution in [2.75, 3.05) is 0 Å². The average Bonchev–Trinajstić information content (AvgIpc) is 2.75. The van der Waals surface area contributed by atoms with E-state index in [9.17, 15) is 0 Å². The average molecular weight is 257 g/mol. The first-order chi connectivity index (χ1) is 8.84. The second-order valence-electron chi connectivity index (χ2n) is 6.17. The van der Waals surface area contributed by atoms with Crippen molar-refractivity contribution in [2.24, 2.45) is 5.73 Å². The Morgan fingerprint density at radius 1 is 1.16 bits per heavy atom. The van der Waals surface area contributed by atoms with Crippen LogP contribution in [0.5, 0.6) is 0 Å². The van der Waals surface area contributed by atoms with E-state index in [4.69, 9.17) is 5.73 Å². The zero-order chi connectivity index (χ0) is 14.2. The third-order valence-corrected chi connectivity index (χ3v) is 3.56. The van der Waals surface area contributed by atoms with Crippen LogP contribution in [0.25, 0.3) is 11.3 Å². The van der Waals surface area contributed by atoms with Crippen LogP contribution in [0.2, 0.25) is 0 Å². The summed E-state index contributed by atoms with van der Waals surface area (Å²) in [4.78, 5) is 7.55. The van der Waals surface area contributed by atoms with Crippen LogP contribution in [-0.4, -0.2) is 9.97 Å². The van der Waals surface area contributed by atoms with Gasteiger partial charge in [0.2, 0.25) is 0 Å². The van der Waals surface area contributed by atoms with E-state index in [0.717, 1.165) is 11.4 Å². The van der Waals surface area contributed by atoms with Crippen LogP contribution in [0, 0.1) is 13.8 Å². The maximum atomic E-state index is 5.76. The van der Waals surface area contributed by atoms with Gasteiger partial charge in [-0.25, -0.2) is 4.98 Å². The summed E-state index contributed by atoms with van der Waals surface area (Å²) in [6.45, 7) is 11.5. The molecule has 19 heavy (non-hydrogen) atoms. The summed E-state index contributed by atoms with van der Waals surface area (Å²) in [7, 11) is 0. The number of nitrogens with two attached hydrogens (primary N) is 1. The molecule has 3 heteroatoms. The fourth-order valence-electron chi connectivity index (χ4n) is 2.46. The van der Waals surface area contributed by atoms with Crippen molar-refractivity contribution in [1.82, 2.24) is 9.97 Å². The Hall–Kier alpha value is -1.61. The molecule has 3 nitrogen and oxygen atoms in total. The highest BCUT2D eigenvalue weighted by Crippen LogP contribution is 2.32. The molecule has 0 unspecified atom stereocenters. The second-order valence-corrected chi connectivity index (χ2v) is 6.17. The Bertz CT molecular complexity index is 565. The van der Waals surface area contributed by atoms with Gasteiger partial charge in [-0.2, -0.15) is 0 Å². The molecule has 2 rings (SSSR count). The Morgan fingerprint density at radius 2 is 1.74 bits per heavy atom. The van der Waals surface area contributed by atoms with Crippen molar-refractivity contribution in [1.29, 1.82) is 0 Å². The Labute approximate surface area is 115 Å². The van der Waals surface area contributed by atoms with Gasteiger partial charge in [-0.15, -0.1) is 0 Å². The molecule has 0 saturated carbocycles. The van der Waals surface area contributed by atoms with Crippen molar-refractivity contribution in [3.05, 3.63) is 40.8 Å². The summed E-state index contributed by atoms with van der Waals surface area (Å²) in [6.07, 6.45) is 1.72.